The third-order valence-corrected chi connectivity index (χ3v) is 4.06. The Morgan fingerprint density at radius 2 is 2.24 bits per heavy atom. The van der Waals surface area contributed by atoms with Gasteiger partial charge in [0, 0.05) is 55.8 Å². The van der Waals surface area contributed by atoms with E-state index in [1.54, 1.807) is 7.11 Å². The molecule has 0 atom stereocenters. The molecule has 3 rings (SSSR count). The number of aromatic nitrogens is 1. The van der Waals surface area contributed by atoms with Crippen LogP contribution in [0.2, 0.25) is 0 Å². The van der Waals surface area contributed by atoms with Crippen molar-refractivity contribution in [1.82, 2.24) is 9.88 Å². The van der Waals surface area contributed by atoms with Gasteiger partial charge in [0.2, 0.25) is 0 Å². The normalized spacial score (nSPS) is 14.8. The van der Waals surface area contributed by atoms with E-state index in [0.717, 1.165) is 23.0 Å². The summed E-state index contributed by atoms with van der Waals surface area (Å²) in [5.41, 5.74) is 3.14. The van der Waals surface area contributed by atoms with Crippen molar-refractivity contribution in [2.45, 2.75) is 31.8 Å². The summed E-state index contributed by atoms with van der Waals surface area (Å²) < 4.78 is 7.03. The number of methoxy groups -OCH3 is 1. The summed E-state index contributed by atoms with van der Waals surface area (Å²) in [6.07, 6.45) is 4.93. The molecule has 0 spiro atoms. The van der Waals surface area contributed by atoms with Crippen molar-refractivity contribution in [1.29, 1.82) is 0 Å². The fraction of sp³-hybridized carbons (Fsp3) is 0.471. The monoisotopic (exact) mass is 286 g/mol. The van der Waals surface area contributed by atoms with Crippen LogP contribution in [0.1, 0.15) is 35.2 Å². The minimum absolute atomic E-state index is 0.148. The molecular formula is C17H22N2O2. The van der Waals surface area contributed by atoms with E-state index < -0.39 is 0 Å². The van der Waals surface area contributed by atoms with Gasteiger partial charge in [-0.15, -0.1) is 0 Å². The number of nitrogens with zero attached hydrogens (tertiary/aromatic N) is 1. The maximum Gasteiger partial charge on any atom is 0.167 e. The highest BCUT2D eigenvalue weighted by Gasteiger charge is 2.20. The molecule has 4 nitrogen and oxygen atoms in total. The van der Waals surface area contributed by atoms with Gasteiger partial charge in [-0.1, -0.05) is 6.07 Å². The van der Waals surface area contributed by atoms with Crippen LogP contribution in [0, 0.1) is 0 Å². The van der Waals surface area contributed by atoms with Crippen LogP contribution < -0.4 is 5.32 Å². The molecule has 1 aromatic heterocycles. The maximum atomic E-state index is 12.3. The quantitative estimate of drug-likeness (QED) is 0.796. The molecule has 0 amide bonds. The van der Waals surface area contributed by atoms with E-state index in [-0.39, 0.29) is 5.78 Å². The number of benzene rings is 1. The molecule has 1 saturated carbocycles. The zero-order valence-corrected chi connectivity index (χ0v) is 12.7. The van der Waals surface area contributed by atoms with Crippen LogP contribution in [0.4, 0.5) is 0 Å². The zero-order chi connectivity index (χ0) is 14.8. The van der Waals surface area contributed by atoms with E-state index in [0.29, 0.717) is 19.1 Å². The first-order chi connectivity index (χ1) is 10.2. The highest BCUT2D eigenvalue weighted by Crippen LogP contribution is 2.24. The van der Waals surface area contributed by atoms with Gasteiger partial charge in [-0.05, 0) is 30.5 Å². The van der Waals surface area contributed by atoms with Gasteiger partial charge in [-0.3, -0.25) is 4.79 Å². The average molecular weight is 286 g/mol. The summed E-state index contributed by atoms with van der Waals surface area (Å²) in [5.74, 6) is 0.148. The van der Waals surface area contributed by atoms with E-state index in [2.05, 4.69) is 23.5 Å². The number of ether oxygens (including phenoxy) is 1. The molecule has 21 heavy (non-hydrogen) atoms. The average Bonchev–Trinajstić information content (AvgIpc) is 3.26. The van der Waals surface area contributed by atoms with Crippen LogP contribution in [-0.2, 0) is 18.3 Å². The molecule has 1 aromatic carbocycles. The summed E-state index contributed by atoms with van der Waals surface area (Å²) >= 11 is 0. The summed E-state index contributed by atoms with van der Waals surface area (Å²) in [5, 5.41) is 4.57. The highest BCUT2D eigenvalue weighted by molar-refractivity contribution is 6.08. The van der Waals surface area contributed by atoms with E-state index >= 15 is 0 Å². The van der Waals surface area contributed by atoms with E-state index in [9.17, 15) is 4.79 Å². The molecule has 0 radical (unpaired) electrons. The number of carbonyl (C=O) groups excluding carboxylic acids is 1. The van der Waals surface area contributed by atoms with Crippen molar-refractivity contribution in [2.75, 3.05) is 13.7 Å². The van der Waals surface area contributed by atoms with Crippen LogP contribution in [-0.4, -0.2) is 30.1 Å². The van der Waals surface area contributed by atoms with Crippen LogP contribution in [0.25, 0.3) is 10.9 Å². The van der Waals surface area contributed by atoms with Crippen molar-refractivity contribution < 1.29 is 9.53 Å². The highest BCUT2D eigenvalue weighted by atomic mass is 16.5. The Labute approximate surface area is 125 Å². The third-order valence-electron chi connectivity index (χ3n) is 4.06. The lowest BCUT2D eigenvalue weighted by atomic mass is 10.0. The molecule has 1 aliphatic rings. The molecule has 0 bridgehead atoms. The largest absolute Gasteiger partial charge is 0.384 e. The Morgan fingerprint density at radius 3 is 2.95 bits per heavy atom. The summed E-state index contributed by atoms with van der Waals surface area (Å²) in [6.45, 7) is 1.35. The van der Waals surface area contributed by atoms with Gasteiger partial charge >= 0.3 is 0 Å². The van der Waals surface area contributed by atoms with Gasteiger partial charge in [0.1, 0.15) is 0 Å². The van der Waals surface area contributed by atoms with Crippen LogP contribution in [0.15, 0.2) is 24.4 Å². The number of aryl methyl sites for hydroxylation is 1. The Balaban J connectivity index is 1.87. The maximum absolute atomic E-state index is 12.3. The Bertz CT molecular complexity index is 656. The fourth-order valence-electron chi connectivity index (χ4n) is 2.65. The summed E-state index contributed by atoms with van der Waals surface area (Å²) in [4.78, 5) is 12.3. The second kappa shape index (κ2) is 6.00. The van der Waals surface area contributed by atoms with E-state index in [4.69, 9.17) is 4.74 Å². The molecule has 1 aliphatic carbocycles. The third kappa shape index (κ3) is 3.17. The topological polar surface area (TPSA) is 43.3 Å². The molecule has 1 fully saturated rings. The number of hydrogen-bond acceptors (Lipinski definition) is 3. The van der Waals surface area contributed by atoms with E-state index in [1.807, 2.05) is 17.8 Å². The molecule has 1 N–H and O–H groups in total. The minimum atomic E-state index is 0.148. The molecular weight excluding hydrogens is 264 g/mol. The van der Waals surface area contributed by atoms with Gasteiger partial charge in [-0.25, -0.2) is 0 Å². The lowest BCUT2D eigenvalue weighted by molar-refractivity contribution is 0.0933. The number of nitrogens with one attached hydrogen (secondary N) is 1. The number of Topliss-reactive ketones (excluding diaryl/α,β-unsaturated/α-hetero) is 1. The van der Waals surface area contributed by atoms with Crippen LogP contribution in [0.3, 0.4) is 0 Å². The molecule has 4 heteroatoms. The lowest BCUT2D eigenvalue weighted by Crippen LogP contribution is -2.15. The standard InChI is InChI=1S/C17H22N2O2/c1-19-11-15(17(20)7-8-21-2)14-9-12(3-6-16(14)19)10-18-13-4-5-13/h3,6,9,11,13,18H,4-5,7-8,10H2,1-2H3. The zero-order valence-electron chi connectivity index (χ0n) is 12.7. The van der Waals surface area contributed by atoms with Gasteiger partial charge in [0.15, 0.2) is 5.78 Å². The first kappa shape index (κ1) is 14.3. The Kier molecular flexibility index (Phi) is 4.08. The number of hydrogen-bond donors (Lipinski definition) is 1. The second-order valence-electron chi connectivity index (χ2n) is 5.83. The van der Waals surface area contributed by atoms with Gasteiger partial charge in [0.25, 0.3) is 0 Å². The predicted molar refractivity (Wildman–Crippen MR) is 83.6 cm³/mol. The number of fused-ring (bicyclic) bond motifs is 1. The Hall–Kier alpha value is -1.65. The van der Waals surface area contributed by atoms with Gasteiger partial charge in [-0.2, -0.15) is 0 Å². The Morgan fingerprint density at radius 1 is 1.43 bits per heavy atom. The first-order valence-corrected chi connectivity index (χ1v) is 7.52. The predicted octanol–water partition coefficient (Wildman–Crippen LogP) is 2.65. The molecule has 112 valence electrons. The van der Waals surface area contributed by atoms with E-state index in [1.165, 1.54) is 18.4 Å². The summed E-state index contributed by atoms with van der Waals surface area (Å²) in [7, 11) is 3.61. The number of carbonyl (C=O) groups is 1. The molecule has 0 unspecified atom stereocenters. The van der Waals surface area contributed by atoms with Crippen molar-refractivity contribution in [2.24, 2.45) is 7.05 Å². The molecule has 2 aromatic rings. The van der Waals surface area contributed by atoms with Crippen molar-refractivity contribution >= 4 is 16.7 Å². The molecule has 1 heterocycles. The smallest absolute Gasteiger partial charge is 0.167 e. The lowest BCUT2D eigenvalue weighted by Gasteiger charge is -2.05. The summed E-state index contributed by atoms with van der Waals surface area (Å²) in [6, 6.07) is 7.08. The van der Waals surface area contributed by atoms with Gasteiger partial charge < -0.3 is 14.6 Å². The van der Waals surface area contributed by atoms with Gasteiger partial charge in [0.05, 0.1) is 6.61 Å². The van der Waals surface area contributed by atoms with Crippen molar-refractivity contribution in [3.63, 3.8) is 0 Å². The number of ketones is 1. The van der Waals surface area contributed by atoms with Crippen LogP contribution in [0.5, 0.6) is 0 Å². The second-order valence-corrected chi connectivity index (χ2v) is 5.83. The molecule has 0 aliphatic heterocycles. The first-order valence-electron chi connectivity index (χ1n) is 7.52. The fourth-order valence-corrected chi connectivity index (χ4v) is 2.65. The van der Waals surface area contributed by atoms with Crippen molar-refractivity contribution in [3.05, 3.63) is 35.5 Å². The molecule has 0 saturated heterocycles. The number of rotatable bonds is 7. The minimum Gasteiger partial charge on any atom is -0.384 e. The SMILES string of the molecule is COCCC(=O)c1cn(C)c2ccc(CNC3CC3)cc12. The van der Waals surface area contributed by atoms with Crippen LogP contribution >= 0.6 is 0 Å². The van der Waals surface area contributed by atoms with Crippen molar-refractivity contribution in [3.8, 4) is 0 Å².